The molecular weight excluding hydrogens is 280 g/mol. The van der Waals surface area contributed by atoms with Gasteiger partial charge in [-0.3, -0.25) is 0 Å². The molecule has 108 valence electrons. The van der Waals surface area contributed by atoms with E-state index in [0.717, 1.165) is 0 Å². The first-order chi connectivity index (χ1) is 9.38. The summed E-state index contributed by atoms with van der Waals surface area (Å²) in [6.45, 7) is 4.55. The van der Waals surface area contributed by atoms with E-state index in [4.69, 9.17) is 16.3 Å². The summed E-state index contributed by atoms with van der Waals surface area (Å²) in [4.78, 5) is 14.2. The zero-order chi connectivity index (χ0) is 14.8. The van der Waals surface area contributed by atoms with Crippen molar-refractivity contribution >= 4 is 11.6 Å². The molecule has 0 aliphatic rings. The first-order valence-corrected chi connectivity index (χ1v) is 6.48. The molecule has 0 bridgehead atoms. The molecule has 0 N–H and O–H groups in total. The molecule has 2 aromatic heterocycles. The van der Waals surface area contributed by atoms with Gasteiger partial charge in [0.1, 0.15) is 6.61 Å². The van der Waals surface area contributed by atoms with Gasteiger partial charge in [0.25, 0.3) is 5.95 Å². The van der Waals surface area contributed by atoms with Gasteiger partial charge >= 0.3 is 6.01 Å². The van der Waals surface area contributed by atoms with Gasteiger partial charge in [-0.2, -0.15) is 20.1 Å². The zero-order valence-electron chi connectivity index (χ0n) is 11.9. The van der Waals surface area contributed by atoms with Crippen LogP contribution in [0.15, 0.2) is 18.5 Å². The molecule has 0 atom stereocenters. The van der Waals surface area contributed by atoms with Gasteiger partial charge in [-0.25, -0.2) is 4.68 Å². The predicted molar refractivity (Wildman–Crippen MR) is 75.2 cm³/mol. The molecule has 20 heavy (non-hydrogen) atoms. The second kappa shape index (κ2) is 5.72. The van der Waals surface area contributed by atoms with Gasteiger partial charge in [0.15, 0.2) is 0 Å². The van der Waals surface area contributed by atoms with Crippen LogP contribution in [0.2, 0.25) is 5.28 Å². The molecule has 0 amide bonds. The predicted octanol–water partition coefficient (Wildman–Crippen LogP) is 1.43. The number of likely N-dealkylation sites (N-methyl/N-ethyl adjacent to an activating group) is 1. The fourth-order valence-corrected chi connectivity index (χ4v) is 1.39. The topological polar surface area (TPSA) is 69.0 Å². The molecule has 8 heteroatoms. The van der Waals surface area contributed by atoms with Crippen LogP contribution in [0.4, 0.5) is 0 Å². The lowest BCUT2D eigenvalue weighted by Crippen LogP contribution is -2.43. The van der Waals surface area contributed by atoms with Crippen molar-refractivity contribution in [3.63, 3.8) is 0 Å². The van der Waals surface area contributed by atoms with E-state index < -0.39 is 0 Å². The zero-order valence-corrected chi connectivity index (χ0v) is 12.7. The van der Waals surface area contributed by atoms with E-state index in [0.29, 0.717) is 12.6 Å². The van der Waals surface area contributed by atoms with Crippen LogP contribution in [0.1, 0.15) is 13.8 Å². The van der Waals surface area contributed by atoms with Crippen LogP contribution in [0, 0.1) is 0 Å². The van der Waals surface area contributed by atoms with Crippen LogP contribution < -0.4 is 4.74 Å². The van der Waals surface area contributed by atoms with Gasteiger partial charge < -0.3 is 9.64 Å². The van der Waals surface area contributed by atoms with E-state index in [-0.39, 0.29) is 16.8 Å². The molecule has 0 spiro atoms. The number of hydrogen-bond donors (Lipinski definition) is 0. The number of halogens is 1. The Bertz CT molecular complexity index is 569. The van der Waals surface area contributed by atoms with Crippen molar-refractivity contribution in [3.05, 3.63) is 23.7 Å². The minimum absolute atomic E-state index is 0.0724. The molecular formula is C12H17ClN6O. The third kappa shape index (κ3) is 3.43. The summed E-state index contributed by atoms with van der Waals surface area (Å²) in [7, 11) is 3.97. The van der Waals surface area contributed by atoms with E-state index in [1.54, 1.807) is 18.5 Å². The lowest BCUT2D eigenvalue weighted by atomic mass is 10.1. The first kappa shape index (κ1) is 14.7. The maximum Gasteiger partial charge on any atom is 0.322 e. The monoisotopic (exact) mass is 296 g/mol. The summed E-state index contributed by atoms with van der Waals surface area (Å²) in [6.07, 6.45) is 3.35. The average molecular weight is 297 g/mol. The van der Waals surface area contributed by atoms with Gasteiger partial charge in [0.05, 0.1) is 0 Å². The quantitative estimate of drug-likeness (QED) is 0.831. The number of nitrogens with zero attached hydrogens (tertiary/aromatic N) is 6. The Morgan fingerprint density at radius 3 is 2.65 bits per heavy atom. The molecule has 0 aliphatic carbocycles. The van der Waals surface area contributed by atoms with E-state index in [1.165, 1.54) is 4.68 Å². The van der Waals surface area contributed by atoms with Crippen molar-refractivity contribution in [2.45, 2.75) is 19.4 Å². The van der Waals surface area contributed by atoms with Crippen molar-refractivity contribution < 1.29 is 4.74 Å². The normalized spacial score (nSPS) is 11.9. The maximum absolute atomic E-state index is 5.89. The summed E-state index contributed by atoms with van der Waals surface area (Å²) < 4.78 is 7.12. The molecule has 0 radical (unpaired) electrons. The molecule has 0 unspecified atom stereocenters. The Morgan fingerprint density at radius 1 is 1.30 bits per heavy atom. The summed E-state index contributed by atoms with van der Waals surface area (Å²) in [5.41, 5.74) is -0.148. The van der Waals surface area contributed by atoms with Crippen LogP contribution >= 0.6 is 11.6 Å². The van der Waals surface area contributed by atoms with Crippen molar-refractivity contribution in [1.29, 1.82) is 0 Å². The smallest absolute Gasteiger partial charge is 0.322 e. The maximum atomic E-state index is 5.89. The van der Waals surface area contributed by atoms with E-state index in [9.17, 15) is 0 Å². The molecule has 7 nitrogen and oxygen atoms in total. The van der Waals surface area contributed by atoms with Crippen molar-refractivity contribution in [1.82, 2.24) is 29.6 Å². The van der Waals surface area contributed by atoms with Crippen LogP contribution in [-0.2, 0) is 0 Å². The minimum atomic E-state index is -0.148. The molecule has 0 fully saturated rings. The van der Waals surface area contributed by atoms with Crippen molar-refractivity contribution in [2.24, 2.45) is 0 Å². The van der Waals surface area contributed by atoms with Crippen LogP contribution in [-0.4, -0.2) is 55.9 Å². The Morgan fingerprint density at radius 2 is 2.05 bits per heavy atom. The van der Waals surface area contributed by atoms with Gasteiger partial charge in [-0.1, -0.05) is 0 Å². The highest BCUT2D eigenvalue weighted by atomic mass is 35.5. The fourth-order valence-electron chi connectivity index (χ4n) is 1.25. The molecule has 2 heterocycles. The second-order valence-electron chi connectivity index (χ2n) is 5.13. The first-order valence-electron chi connectivity index (χ1n) is 6.10. The highest BCUT2D eigenvalue weighted by Crippen LogP contribution is 2.15. The Labute approximate surface area is 122 Å². The molecule has 0 aromatic carbocycles. The van der Waals surface area contributed by atoms with E-state index >= 15 is 0 Å². The standard InChI is InChI=1S/C12H17ClN6O/c1-12(2,18(3)4)8-20-11-16-9(13)15-10(17-11)19-7-5-6-14-19/h5-7H,8H2,1-4H3. The minimum Gasteiger partial charge on any atom is -0.461 e. The average Bonchev–Trinajstić information content (AvgIpc) is 2.89. The molecule has 2 rings (SSSR count). The Hall–Kier alpha value is -1.73. The van der Waals surface area contributed by atoms with Gasteiger partial charge in [-0.15, -0.1) is 0 Å². The summed E-state index contributed by atoms with van der Waals surface area (Å²) >= 11 is 5.89. The van der Waals surface area contributed by atoms with Crippen LogP contribution in [0.3, 0.4) is 0 Å². The largest absolute Gasteiger partial charge is 0.461 e. The van der Waals surface area contributed by atoms with Crippen LogP contribution in [0.25, 0.3) is 5.95 Å². The van der Waals surface area contributed by atoms with Crippen LogP contribution in [0.5, 0.6) is 6.01 Å². The Kier molecular flexibility index (Phi) is 4.20. The highest BCUT2D eigenvalue weighted by molar-refractivity contribution is 6.28. The second-order valence-corrected chi connectivity index (χ2v) is 5.47. The molecule has 0 aliphatic heterocycles. The Balaban J connectivity index is 2.17. The number of aromatic nitrogens is 5. The van der Waals surface area contributed by atoms with Gasteiger partial charge in [0, 0.05) is 17.9 Å². The number of ether oxygens (including phenoxy) is 1. The third-order valence-electron chi connectivity index (χ3n) is 3.05. The van der Waals surface area contributed by atoms with E-state index in [2.05, 4.69) is 38.8 Å². The summed E-state index contributed by atoms with van der Waals surface area (Å²) in [5.74, 6) is 0.327. The van der Waals surface area contributed by atoms with E-state index in [1.807, 2.05) is 14.1 Å². The van der Waals surface area contributed by atoms with Crippen molar-refractivity contribution in [2.75, 3.05) is 20.7 Å². The summed E-state index contributed by atoms with van der Waals surface area (Å²) in [6, 6.07) is 1.96. The summed E-state index contributed by atoms with van der Waals surface area (Å²) in [5, 5.41) is 4.12. The SMILES string of the molecule is CN(C)C(C)(C)COc1nc(Cl)nc(-n2cccn2)n1. The number of hydrogen-bond acceptors (Lipinski definition) is 6. The van der Waals surface area contributed by atoms with Crippen molar-refractivity contribution in [3.8, 4) is 12.0 Å². The van der Waals surface area contributed by atoms with Gasteiger partial charge in [0.2, 0.25) is 5.28 Å². The lowest BCUT2D eigenvalue weighted by Gasteiger charge is -2.31. The molecule has 0 saturated heterocycles. The number of rotatable bonds is 5. The molecule has 2 aromatic rings. The van der Waals surface area contributed by atoms with Gasteiger partial charge in [-0.05, 0) is 45.6 Å². The highest BCUT2D eigenvalue weighted by Gasteiger charge is 2.22. The fraction of sp³-hybridized carbons (Fsp3) is 0.500. The third-order valence-corrected chi connectivity index (χ3v) is 3.22. The molecule has 0 saturated carbocycles. The lowest BCUT2D eigenvalue weighted by molar-refractivity contribution is 0.107.